The second-order valence-corrected chi connectivity index (χ2v) is 18.1. The van der Waals surface area contributed by atoms with Crippen LogP contribution in [0.3, 0.4) is 0 Å². The van der Waals surface area contributed by atoms with Crippen molar-refractivity contribution in [3.05, 3.63) is 140 Å². The number of hydrogen-bond acceptors (Lipinski definition) is 4. The standard InChI is InChI=1S/C43H45Br2FN2OS/c1-25-17-29(44)19-36-38-24-49-31(13-15-33(38)35(18-26(2)40(25)36)27-9-5-3-6-10-27)22-47-23-32-14-16-34-41(28-11-7-4-8-12-28)48-42-37(43(34)50-32)20-30(45)21-39(42)46/h3-12,17,19-21,31-35,38,41,43,47-48H,2,13-16,18,22-24H2,1H3/t31-,32-,33+,34+,35+,38+,41+,43+/m1/s1. The van der Waals surface area contributed by atoms with Gasteiger partial charge in [0.25, 0.3) is 0 Å². The van der Waals surface area contributed by atoms with E-state index >= 15 is 4.39 Å². The first-order valence-corrected chi connectivity index (χ1v) is 20.7. The van der Waals surface area contributed by atoms with Crippen LogP contribution in [0, 0.1) is 24.6 Å². The summed E-state index contributed by atoms with van der Waals surface area (Å²) in [7, 11) is 0. The van der Waals surface area contributed by atoms with E-state index in [9.17, 15) is 0 Å². The Morgan fingerprint density at radius 2 is 1.54 bits per heavy atom. The van der Waals surface area contributed by atoms with Gasteiger partial charge in [-0.15, -0.1) is 11.8 Å². The van der Waals surface area contributed by atoms with Crippen molar-refractivity contribution in [2.24, 2.45) is 11.8 Å². The Labute approximate surface area is 317 Å². The van der Waals surface area contributed by atoms with Gasteiger partial charge in [0, 0.05) is 38.5 Å². The Balaban J connectivity index is 0.969. The third-order valence-corrected chi connectivity index (χ3v) is 14.3. The van der Waals surface area contributed by atoms with Gasteiger partial charge in [0.1, 0.15) is 5.82 Å². The minimum atomic E-state index is -0.180. The summed E-state index contributed by atoms with van der Waals surface area (Å²) in [4.78, 5) is 0. The quantitative estimate of drug-likeness (QED) is 0.203. The van der Waals surface area contributed by atoms with E-state index in [1.54, 1.807) is 6.07 Å². The molecule has 2 N–H and O–H groups in total. The predicted octanol–water partition coefficient (Wildman–Crippen LogP) is 11.7. The van der Waals surface area contributed by atoms with Gasteiger partial charge >= 0.3 is 0 Å². The van der Waals surface area contributed by atoms with Crippen LogP contribution >= 0.6 is 43.6 Å². The lowest BCUT2D eigenvalue weighted by atomic mass is 9.73. The molecule has 260 valence electrons. The van der Waals surface area contributed by atoms with Crippen molar-refractivity contribution in [2.75, 3.05) is 25.0 Å². The first kappa shape index (κ1) is 34.7. The van der Waals surface area contributed by atoms with Crippen molar-refractivity contribution in [2.45, 2.75) is 73.5 Å². The highest BCUT2D eigenvalue weighted by atomic mass is 79.9. The molecule has 7 heteroatoms. The lowest BCUT2D eigenvalue weighted by Crippen LogP contribution is -2.39. The van der Waals surface area contributed by atoms with E-state index < -0.39 is 0 Å². The van der Waals surface area contributed by atoms with Gasteiger partial charge in [0.05, 0.1) is 24.4 Å². The van der Waals surface area contributed by atoms with Gasteiger partial charge in [-0.05, 0) is 120 Å². The smallest absolute Gasteiger partial charge is 0.147 e. The third-order valence-electron chi connectivity index (χ3n) is 11.7. The van der Waals surface area contributed by atoms with E-state index in [1.807, 2.05) is 11.8 Å². The molecular formula is C43H45Br2FN2OS. The molecule has 3 aliphatic heterocycles. The fourth-order valence-electron chi connectivity index (χ4n) is 9.45. The number of anilines is 1. The first-order chi connectivity index (χ1) is 24.3. The van der Waals surface area contributed by atoms with Crippen molar-refractivity contribution in [3.8, 4) is 0 Å². The summed E-state index contributed by atoms with van der Waals surface area (Å²) in [5.41, 5.74) is 9.68. The largest absolute Gasteiger partial charge is 0.376 e. The second kappa shape index (κ2) is 14.9. The molecule has 4 aromatic rings. The summed E-state index contributed by atoms with van der Waals surface area (Å²) in [6.45, 7) is 9.36. The number of allylic oxidation sites excluding steroid dienone is 1. The molecule has 0 amide bonds. The number of ether oxygens (including phenoxy) is 1. The molecule has 8 rings (SSSR count). The van der Waals surface area contributed by atoms with Crippen LogP contribution < -0.4 is 10.6 Å². The number of aryl methyl sites for hydroxylation is 1. The SMILES string of the molecule is C=C1C[C@@H](c2ccccc2)[C@@H]2CC[C@H](CNC[C@H]3CC[C@@H]4[C@H](S3)c3cc(Br)cc(F)c3N[C@H]4c3ccccc3)OC[C@@H]2c2cc(Br)cc(C)c21. The fraction of sp³-hybridized carbons (Fsp3) is 0.395. The second-order valence-electron chi connectivity index (χ2n) is 14.8. The van der Waals surface area contributed by atoms with Crippen molar-refractivity contribution in [1.82, 2.24) is 5.32 Å². The molecular weight excluding hydrogens is 771 g/mol. The zero-order chi connectivity index (χ0) is 34.4. The highest BCUT2D eigenvalue weighted by Gasteiger charge is 2.43. The Hall–Kier alpha value is -2.42. The number of hydrogen-bond donors (Lipinski definition) is 2. The van der Waals surface area contributed by atoms with Crippen LogP contribution in [-0.4, -0.2) is 31.1 Å². The Bertz CT molecular complexity index is 1860. The van der Waals surface area contributed by atoms with Gasteiger partial charge in [0.15, 0.2) is 0 Å². The van der Waals surface area contributed by atoms with E-state index in [1.165, 1.54) is 33.4 Å². The van der Waals surface area contributed by atoms with Gasteiger partial charge < -0.3 is 15.4 Å². The van der Waals surface area contributed by atoms with Crippen LogP contribution in [-0.2, 0) is 4.74 Å². The summed E-state index contributed by atoms with van der Waals surface area (Å²) in [6, 6.07) is 30.1. The van der Waals surface area contributed by atoms with Gasteiger partial charge in [-0.2, -0.15) is 0 Å². The number of benzene rings is 4. The molecule has 4 aliphatic rings. The summed E-state index contributed by atoms with van der Waals surface area (Å²) >= 11 is 9.42. The number of halogens is 3. The zero-order valence-electron chi connectivity index (χ0n) is 28.5. The summed E-state index contributed by atoms with van der Waals surface area (Å²) in [5, 5.41) is 8.16. The molecule has 4 aromatic carbocycles. The van der Waals surface area contributed by atoms with Crippen molar-refractivity contribution < 1.29 is 9.13 Å². The predicted molar refractivity (Wildman–Crippen MR) is 214 cm³/mol. The van der Waals surface area contributed by atoms with Gasteiger partial charge in [-0.1, -0.05) is 99.1 Å². The topological polar surface area (TPSA) is 33.3 Å². The van der Waals surface area contributed by atoms with Crippen molar-refractivity contribution in [3.63, 3.8) is 0 Å². The molecule has 1 aliphatic carbocycles. The molecule has 3 nitrogen and oxygen atoms in total. The molecule has 0 aromatic heterocycles. The number of thioether (sulfide) groups is 1. The average molecular weight is 817 g/mol. The number of nitrogens with one attached hydrogen (secondary N) is 2. The molecule has 0 spiro atoms. The maximum Gasteiger partial charge on any atom is 0.147 e. The van der Waals surface area contributed by atoms with Crippen LogP contribution in [0.15, 0.2) is 100 Å². The molecule has 0 radical (unpaired) electrons. The molecule has 0 bridgehead atoms. The van der Waals surface area contributed by atoms with Crippen molar-refractivity contribution >= 4 is 54.9 Å². The Morgan fingerprint density at radius 3 is 2.32 bits per heavy atom. The van der Waals surface area contributed by atoms with Crippen molar-refractivity contribution in [1.29, 1.82) is 0 Å². The first-order valence-electron chi connectivity index (χ1n) is 18.2. The van der Waals surface area contributed by atoms with Crippen LogP contribution in [0.5, 0.6) is 0 Å². The zero-order valence-corrected chi connectivity index (χ0v) is 32.5. The van der Waals surface area contributed by atoms with E-state index in [0.29, 0.717) is 34.6 Å². The molecule has 8 atom stereocenters. The molecule has 2 fully saturated rings. The highest BCUT2D eigenvalue weighted by molar-refractivity contribution is 9.10. The lowest BCUT2D eigenvalue weighted by Gasteiger charge is -2.45. The summed E-state index contributed by atoms with van der Waals surface area (Å²) in [6.07, 6.45) is 5.57. The molecule has 3 heterocycles. The highest BCUT2D eigenvalue weighted by Crippen LogP contribution is 2.57. The molecule has 2 saturated heterocycles. The number of fused-ring (bicyclic) bond motifs is 6. The minimum absolute atomic E-state index is 0.101. The number of rotatable bonds is 6. The van der Waals surface area contributed by atoms with Gasteiger partial charge in [0.2, 0.25) is 0 Å². The minimum Gasteiger partial charge on any atom is -0.376 e. The molecule has 50 heavy (non-hydrogen) atoms. The van der Waals surface area contributed by atoms with Crippen LogP contribution in [0.4, 0.5) is 10.1 Å². The summed E-state index contributed by atoms with van der Waals surface area (Å²) in [5.74, 6) is 1.44. The monoisotopic (exact) mass is 814 g/mol. The van der Waals surface area contributed by atoms with Gasteiger partial charge in [-0.3, -0.25) is 0 Å². The molecule has 0 unspecified atom stereocenters. The summed E-state index contributed by atoms with van der Waals surface area (Å²) < 4.78 is 24.1. The van der Waals surface area contributed by atoms with Crippen LogP contribution in [0.2, 0.25) is 0 Å². The van der Waals surface area contributed by atoms with E-state index in [-0.39, 0.29) is 23.2 Å². The van der Waals surface area contributed by atoms with Crippen LogP contribution in [0.1, 0.15) is 88.6 Å². The fourth-order valence-corrected chi connectivity index (χ4v) is 12.2. The molecule has 0 saturated carbocycles. The Kier molecular flexibility index (Phi) is 10.3. The lowest BCUT2D eigenvalue weighted by molar-refractivity contribution is 0.0499. The maximum absolute atomic E-state index is 15.4. The maximum atomic E-state index is 15.4. The van der Waals surface area contributed by atoms with Crippen LogP contribution in [0.25, 0.3) is 5.57 Å². The van der Waals surface area contributed by atoms with E-state index in [0.717, 1.165) is 66.3 Å². The third kappa shape index (κ3) is 6.90. The van der Waals surface area contributed by atoms with Gasteiger partial charge in [-0.25, -0.2) is 4.39 Å². The average Bonchev–Trinajstić information content (AvgIpc) is 3.39. The van der Waals surface area contributed by atoms with E-state index in [2.05, 4.69) is 135 Å². The normalized spacial score (nSPS) is 29.0. The Morgan fingerprint density at radius 1 is 0.840 bits per heavy atom. The van der Waals surface area contributed by atoms with E-state index in [4.69, 9.17) is 4.74 Å².